The smallest absolute Gasteiger partial charge is 0.326 e. The van der Waals surface area contributed by atoms with Gasteiger partial charge in [-0.15, -0.1) is 0 Å². The lowest BCUT2D eigenvalue weighted by molar-refractivity contribution is -0.142. The summed E-state index contributed by atoms with van der Waals surface area (Å²) in [4.78, 5) is 50.6. The number of nitrogens with one attached hydrogen (secondary N) is 3. The zero-order chi connectivity index (χ0) is 26.9. The fourth-order valence-corrected chi connectivity index (χ4v) is 4.69. The number of hydrogen-bond acceptors (Lipinski definition) is 8. The molecule has 202 valence electrons. The van der Waals surface area contributed by atoms with Crippen LogP contribution >= 0.6 is 35.3 Å². The molecule has 4 unspecified atom stereocenters. The summed E-state index contributed by atoms with van der Waals surface area (Å²) in [6.07, 6.45) is 6.93. The van der Waals surface area contributed by atoms with Gasteiger partial charge in [-0.1, -0.05) is 30.3 Å². The quantitative estimate of drug-likeness (QED) is 0.180. The summed E-state index contributed by atoms with van der Waals surface area (Å²) in [5, 5.41) is 17.5. The maximum Gasteiger partial charge on any atom is 0.326 e. The Bertz CT molecular complexity index is 831. The number of rotatable bonds is 18. The molecule has 0 fully saturated rings. The van der Waals surface area contributed by atoms with Crippen molar-refractivity contribution in [3.05, 3.63) is 35.9 Å². The van der Waals surface area contributed by atoms with Gasteiger partial charge in [-0.25, -0.2) is 4.79 Å². The lowest BCUT2D eigenvalue weighted by Gasteiger charge is -2.25. The van der Waals surface area contributed by atoms with E-state index in [1.807, 2.05) is 49.1 Å². The molecule has 0 radical (unpaired) electrons. The van der Waals surface area contributed by atoms with Gasteiger partial charge in [0.1, 0.15) is 18.1 Å². The predicted molar refractivity (Wildman–Crippen MR) is 151 cm³/mol. The topological polar surface area (TPSA) is 151 Å². The standard InChI is InChI=1S/C24H38N4O5S3/c1-34-12-9-17(25)21(29)28-20(15-16-7-5-4-6-8-16)23(31)26-18(10-13-35-2)22(30)27-19(24(32)33)11-14-36-3/h4-8,17-20H,9-15,25H2,1-3H3,(H,26,31)(H,27,30)(H,28,29)(H,32,33). The maximum absolute atomic E-state index is 13.3. The van der Waals surface area contributed by atoms with Crippen molar-refractivity contribution in [3.63, 3.8) is 0 Å². The highest BCUT2D eigenvalue weighted by Gasteiger charge is 2.30. The van der Waals surface area contributed by atoms with Crippen LogP contribution in [-0.4, -0.2) is 89.0 Å². The van der Waals surface area contributed by atoms with Gasteiger partial charge in [0.05, 0.1) is 6.04 Å². The monoisotopic (exact) mass is 558 g/mol. The first-order chi connectivity index (χ1) is 17.2. The maximum atomic E-state index is 13.3. The molecule has 0 saturated heterocycles. The van der Waals surface area contributed by atoms with E-state index in [4.69, 9.17) is 5.73 Å². The van der Waals surface area contributed by atoms with E-state index in [1.54, 1.807) is 11.8 Å². The lowest BCUT2D eigenvalue weighted by atomic mass is 10.0. The molecule has 0 aliphatic heterocycles. The molecule has 36 heavy (non-hydrogen) atoms. The molecule has 0 aromatic heterocycles. The second-order valence-corrected chi connectivity index (χ2v) is 11.1. The molecular formula is C24H38N4O5S3. The SMILES string of the molecule is CSCCC(N)C(=O)NC(Cc1ccccc1)C(=O)NC(CCSC)C(=O)NC(CCSC)C(=O)O. The van der Waals surface area contributed by atoms with Gasteiger partial charge in [-0.2, -0.15) is 35.3 Å². The first kappa shape index (κ1) is 32.1. The van der Waals surface area contributed by atoms with E-state index in [0.717, 1.165) is 5.56 Å². The second kappa shape index (κ2) is 18.4. The van der Waals surface area contributed by atoms with Crippen molar-refractivity contribution in [2.45, 2.75) is 49.9 Å². The minimum atomic E-state index is -1.12. The largest absolute Gasteiger partial charge is 0.480 e. The third-order valence-electron chi connectivity index (χ3n) is 5.35. The Morgan fingerprint density at radius 2 is 1.22 bits per heavy atom. The number of thioether (sulfide) groups is 3. The first-order valence-corrected chi connectivity index (χ1v) is 15.8. The molecule has 0 heterocycles. The average molecular weight is 559 g/mol. The van der Waals surface area contributed by atoms with Crippen LogP contribution in [0.5, 0.6) is 0 Å². The van der Waals surface area contributed by atoms with Crippen LogP contribution in [-0.2, 0) is 25.6 Å². The van der Waals surface area contributed by atoms with Crippen LogP contribution in [0.25, 0.3) is 0 Å². The molecule has 1 aromatic carbocycles. The van der Waals surface area contributed by atoms with Crippen molar-refractivity contribution < 1.29 is 24.3 Å². The number of carboxylic acid groups (broad SMARTS) is 1. The molecule has 3 amide bonds. The zero-order valence-corrected chi connectivity index (χ0v) is 23.5. The van der Waals surface area contributed by atoms with Crippen molar-refractivity contribution in [2.75, 3.05) is 36.0 Å². The Kier molecular flexibility index (Phi) is 16.4. The van der Waals surface area contributed by atoms with E-state index in [0.29, 0.717) is 30.1 Å². The molecule has 0 aliphatic carbocycles. The Balaban J connectivity index is 3.03. The number of carbonyl (C=O) groups excluding carboxylic acids is 3. The van der Waals surface area contributed by atoms with Crippen LogP contribution in [0.2, 0.25) is 0 Å². The van der Waals surface area contributed by atoms with Gasteiger partial charge in [0.25, 0.3) is 0 Å². The molecule has 0 aliphatic rings. The van der Waals surface area contributed by atoms with Crippen molar-refractivity contribution in [2.24, 2.45) is 5.73 Å². The third-order valence-corrected chi connectivity index (χ3v) is 7.29. The minimum absolute atomic E-state index is 0.218. The highest BCUT2D eigenvalue weighted by atomic mass is 32.2. The highest BCUT2D eigenvalue weighted by Crippen LogP contribution is 2.08. The fraction of sp³-hybridized carbons (Fsp3) is 0.583. The van der Waals surface area contributed by atoms with Gasteiger partial charge in [-0.05, 0) is 60.9 Å². The van der Waals surface area contributed by atoms with Gasteiger partial charge in [0.15, 0.2) is 0 Å². The molecule has 0 bridgehead atoms. The van der Waals surface area contributed by atoms with E-state index in [-0.39, 0.29) is 12.8 Å². The van der Waals surface area contributed by atoms with Gasteiger partial charge < -0.3 is 26.8 Å². The number of hydrogen-bond donors (Lipinski definition) is 5. The first-order valence-electron chi connectivity index (χ1n) is 11.6. The van der Waals surface area contributed by atoms with Gasteiger partial charge in [0, 0.05) is 6.42 Å². The number of amides is 3. The average Bonchev–Trinajstić information content (AvgIpc) is 2.87. The Morgan fingerprint density at radius 1 is 0.750 bits per heavy atom. The summed E-state index contributed by atoms with van der Waals surface area (Å²) in [5.74, 6) is -0.789. The second-order valence-electron chi connectivity index (χ2n) is 8.16. The minimum Gasteiger partial charge on any atom is -0.480 e. The Morgan fingerprint density at radius 3 is 1.78 bits per heavy atom. The molecule has 0 saturated carbocycles. The summed E-state index contributed by atoms with van der Waals surface area (Å²) in [6.45, 7) is 0. The number of carboxylic acids is 1. The van der Waals surface area contributed by atoms with Crippen LogP contribution in [0.15, 0.2) is 30.3 Å². The van der Waals surface area contributed by atoms with Crippen LogP contribution in [0.4, 0.5) is 0 Å². The highest BCUT2D eigenvalue weighted by molar-refractivity contribution is 7.98. The predicted octanol–water partition coefficient (Wildman–Crippen LogP) is 1.35. The van der Waals surface area contributed by atoms with Gasteiger partial charge >= 0.3 is 5.97 Å². The lowest BCUT2D eigenvalue weighted by Crippen LogP contribution is -2.57. The van der Waals surface area contributed by atoms with Crippen LogP contribution in [0.3, 0.4) is 0 Å². The van der Waals surface area contributed by atoms with Crippen molar-refractivity contribution in [1.82, 2.24) is 16.0 Å². The van der Waals surface area contributed by atoms with E-state index >= 15 is 0 Å². The molecule has 9 nitrogen and oxygen atoms in total. The number of aliphatic carboxylic acids is 1. The fourth-order valence-electron chi connectivity index (χ4n) is 3.26. The molecule has 0 spiro atoms. The van der Waals surface area contributed by atoms with Crippen molar-refractivity contribution >= 4 is 59.0 Å². The van der Waals surface area contributed by atoms with Crippen LogP contribution in [0, 0.1) is 0 Å². The molecule has 1 rings (SSSR count). The number of carbonyl (C=O) groups is 4. The Hall–Kier alpha value is -1.89. The van der Waals surface area contributed by atoms with E-state index in [9.17, 15) is 24.3 Å². The molecule has 4 atom stereocenters. The number of benzene rings is 1. The van der Waals surface area contributed by atoms with Gasteiger partial charge in [-0.3, -0.25) is 14.4 Å². The summed E-state index contributed by atoms with van der Waals surface area (Å²) in [6, 6.07) is 5.53. The Labute approximate surface area is 226 Å². The van der Waals surface area contributed by atoms with Crippen molar-refractivity contribution in [1.29, 1.82) is 0 Å². The molecular weight excluding hydrogens is 520 g/mol. The van der Waals surface area contributed by atoms with Crippen LogP contribution in [0.1, 0.15) is 24.8 Å². The summed E-state index contributed by atoms with van der Waals surface area (Å²) in [7, 11) is 0. The summed E-state index contributed by atoms with van der Waals surface area (Å²) < 4.78 is 0. The van der Waals surface area contributed by atoms with E-state index in [2.05, 4.69) is 16.0 Å². The zero-order valence-electron chi connectivity index (χ0n) is 21.0. The summed E-state index contributed by atoms with van der Waals surface area (Å²) >= 11 is 4.57. The van der Waals surface area contributed by atoms with E-state index < -0.39 is 47.9 Å². The summed E-state index contributed by atoms with van der Waals surface area (Å²) in [5.41, 5.74) is 6.84. The van der Waals surface area contributed by atoms with Crippen LogP contribution < -0.4 is 21.7 Å². The van der Waals surface area contributed by atoms with Crippen molar-refractivity contribution in [3.8, 4) is 0 Å². The van der Waals surface area contributed by atoms with E-state index in [1.165, 1.54) is 23.5 Å². The van der Waals surface area contributed by atoms with Gasteiger partial charge in [0.2, 0.25) is 17.7 Å². The normalized spacial score (nSPS) is 14.2. The molecule has 1 aromatic rings. The molecule has 12 heteroatoms. The molecule has 6 N–H and O–H groups in total. The number of nitrogens with two attached hydrogens (primary N) is 1. The third kappa shape index (κ3) is 12.4.